The molecule has 4 aromatic rings. The number of furan rings is 1. The smallest absolute Gasteiger partial charge is 0.317 e. The highest BCUT2D eigenvalue weighted by Crippen LogP contribution is 2.47. The molecule has 2 aliphatic heterocycles. The lowest BCUT2D eigenvalue weighted by Crippen LogP contribution is -2.58. The molecule has 0 N–H and O–H groups in total. The minimum atomic E-state index is -1.19. The predicted octanol–water partition coefficient (Wildman–Crippen LogP) is 3.88. The molecule has 2 bridgehead atoms. The molecule has 2 aliphatic rings. The monoisotopic (exact) mass is 550 g/mol. The van der Waals surface area contributed by atoms with Crippen molar-refractivity contribution in [3.8, 4) is 17.1 Å². The molecule has 0 saturated carbocycles. The lowest BCUT2D eigenvalue weighted by molar-refractivity contribution is -0.158. The largest absolute Gasteiger partial charge is 0.469 e. The summed E-state index contributed by atoms with van der Waals surface area (Å²) in [4.78, 5) is 31.7. The molecule has 0 amide bonds. The first-order valence-corrected chi connectivity index (χ1v) is 12.5. The summed E-state index contributed by atoms with van der Waals surface area (Å²) in [6.07, 6.45) is 1.71. The van der Waals surface area contributed by atoms with E-state index in [2.05, 4.69) is 15.9 Å². The number of benzene rings is 2. The average Bonchev–Trinajstić information content (AvgIpc) is 3.42. The van der Waals surface area contributed by atoms with E-state index in [4.69, 9.17) is 18.9 Å². The van der Waals surface area contributed by atoms with Gasteiger partial charge in [0.15, 0.2) is 4.80 Å². The Labute approximate surface area is 212 Å². The van der Waals surface area contributed by atoms with Gasteiger partial charge in [0.05, 0.1) is 17.7 Å². The average molecular weight is 551 g/mol. The highest BCUT2D eigenvalue weighted by molar-refractivity contribution is 9.10. The van der Waals surface area contributed by atoms with Crippen LogP contribution in [-0.4, -0.2) is 23.4 Å². The Bertz CT molecular complexity index is 1650. The van der Waals surface area contributed by atoms with Crippen LogP contribution in [0.5, 0.6) is 5.75 Å². The van der Waals surface area contributed by atoms with E-state index in [1.54, 1.807) is 17.6 Å². The summed E-state index contributed by atoms with van der Waals surface area (Å²) >= 11 is 4.68. The molecule has 7 nitrogen and oxygen atoms in total. The topological polar surface area (TPSA) is 83.0 Å². The Hall–Kier alpha value is -3.43. The third-order valence-electron chi connectivity index (χ3n) is 6.36. The minimum absolute atomic E-state index is 0.243. The van der Waals surface area contributed by atoms with Crippen molar-refractivity contribution in [3.05, 3.63) is 96.1 Å². The van der Waals surface area contributed by atoms with Crippen molar-refractivity contribution in [2.24, 2.45) is 10.9 Å². The fourth-order valence-electron chi connectivity index (χ4n) is 4.76. The standard InChI is InChI=1S/C26H19BrN2O5S/c1-26-21(24(31)32-2)22(17-5-3-4-6-19(17)34-26)29-23(30)20(35-25(29)28-26)13-16-11-12-18(33-16)14-7-9-15(27)10-8-14/h3-13,21-22H,1-2H3. The summed E-state index contributed by atoms with van der Waals surface area (Å²) in [5.74, 6) is 0.571. The van der Waals surface area contributed by atoms with Gasteiger partial charge >= 0.3 is 5.97 Å². The molecule has 35 heavy (non-hydrogen) atoms. The van der Waals surface area contributed by atoms with Crippen LogP contribution in [0, 0.1) is 5.92 Å². The summed E-state index contributed by atoms with van der Waals surface area (Å²) in [6, 6.07) is 18.3. The van der Waals surface area contributed by atoms with Gasteiger partial charge < -0.3 is 13.9 Å². The SMILES string of the molecule is COC(=O)C1C2c3ccccc3OC1(C)N=c1sc(=Cc3ccc(-c4ccc(Br)cc4)o3)c(=O)n12. The zero-order valence-corrected chi connectivity index (χ0v) is 21.1. The van der Waals surface area contributed by atoms with E-state index < -0.39 is 23.7 Å². The number of ether oxygens (including phenoxy) is 2. The van der Waals surface area contributed by atoms with Gasteiger partial charge in [-0.3, -0.25) is 14.2 Å². The highest BCUT2D eigenvalue weighted by atomic mass is 79.9. The second kappa shape index (κ2) is 8.07. The quantitative estimate of drug-likeness (QED) is 0.361. The van der Waals surface area contributed by atoms with Gasteiger partial charge in [0.2, 0.25) is 5.72 Å². The van der Waals surface area contributed by atoms with Gasteiger partial charge in [0, 0.05) is 21.7 Å². The Balaban J connectivity index is 1.51. The van der Waals surface area contributed by atoms with E-state index in [0.717, 1.165) is 15.6 Å². The fourth-order valence-corrected chi connectivity index (χ4v) is 6.10. The van der Waals surface area contributed by atoms with Crippen LogP contribution in [0.1, 0.15) is 24.3 Å². The van der Waals surface area contributed by atoms with Crippen LogP contribution in [0.25, 0.3) is 17.4 Å². The second-order valence-electron chi connectivity index (χ2n) is 8.53. The van der Waals surface area contributed by atoms with Crippen LogP contribution in [-0.2, 0) is 9.53 Å². The molecule has 0 saturated heterocycles. The maximum absolute atomic E-state index is 13.6. The zero-order valence-electron chi connectivity index (χ0n) is 18.7. The van der Waals surface area contributed by atoms with Crippen molar-refractivity contribution in [2.45, 2.75) is 18.7 Å². The lowest BCUT2D eigenvalue weighted by Gasteiger charge is -2.44. The number of fused-ring (bicyclic) bond motifs is 6. The molecule has 176 valence electrons. The van der Waals surface area contributed by atoms with Crippen LogP contribution in [0.2, 0.25) is 0 Å². The maximum atomic E-state index is 13.6. The number of hydrogen-bond acceptors (Lipinski definition) is 7. The van der Waals surface area contributed by atoms with E-state index in [-0.39, 0.29) is 5.56 Å². The van der Waals surface area contributed by atoms with Crippen LogP contribution in [0.15, 0.2) is 79.3 Å². The van der Waals surface area contributed by atoms with Crippen LogP contribution >= 0.6 is 27.3 Å². The van der Waals surface area contributed by atoms with Crippen LogP contribution in [0.4, 0.5) is 0 Å². The number of methoxy groups -OCH3 is 1. The molecule has 2 aromatic carbocycles. The van der Waals surface area contributed by atoms with E-state index in [9.17, 15) is 9.59 Å². The van der Waals surface area contributed by atoms with Crippen molar-refractivity contribution in [1.82, 2.24) is 4.57 Å². The maximum Gasteiger partial charge on any atom is 0.317 e. The summed E-state index contributed by atoms with van der Waals surface area (Å²) in [7, 11) is 1.33. The van der Waals surface area contributed by atoms with Gasteiger partial charge in [-0.15, -0.1) is 0 Å². The van der Waals surface area contributed by atoms with Gasteiger partial charge in [0.25, 0.3) is 5.56 Å². The molecule has 6 rings (SSSR count). The van der Waals surface area contributed by atoms with Gasteiger partial charge in [-0.1, -0.05) is 57.6 Å². The van der Waals surface area contributed by atoms with Crippen molar-refractivity contribution in [1.29, 1.82) is 0 Å². The number of rotatable bonds is 3. The zero-order chi connectivity index (χ0) is 24.3. The van der Waals surface area contributed by atoms with E-state index in [0.29, 0.717) is 26.6 Å². The molecule has 0 spiro atoms. The number of hydrogen-bond donors (Lipinski definition) is 0. The third kappa shape index (κ3) is 3.49. The Morgan fingerprint density at radius 1 is 1.17 bits per heavy atom. The molecule has 3 atom stereocenters. The van der Waals surface area contributed by atoms with E-state index in [1.165, 1.54) is 18.4 Å². The molecular formula is C26H19BrN2O5S. The number of halogens is 1. The molecule has 9 heteroatoms. The third-order valence-corrected chi connectivity index (χ3v) is 7.88. The van der Waals surface area contributed by atoms with Gasteiger partial charge in [0.1, 0.15) is 23.2 Å². The number of para-hydroxylation sites is 1. The second-order valence-corrected chi connectivity index (χ2v) is 10.5. The fraction of sp³-hybridized carbons (Fsp3) is 0.192. The molecule has 3 unspecified atom stereocenters. The molecular weight excluding hydrogens is 532 g/mol. The minimum Gasteiger partial charge on any atom is -0.469 e. The number of thiazole rings is 1. The summed E-state index contributed by atoms with van der Waals surface area (Å²) in [5.41, 5.74) is 0.244. The molecule has 4 heterocycles. The number of esters is 1. The number of nitrogens with zero attached hydrogens (tertiary/aromatic N) is 2. The first-order valence-electron chi connectivity index (χ1n) is 10.9. The molecule has 0 aliphatic carbocycles. The van der Waals surface area contributed by atoms with E-state index >= 15 is 0 Å². The van der Waals surface area contributed by atoms with Crippen molar-refractivity contribution in [3.63, 3.8) is 0 Å². The molecule has 0 fully saturated rings. The highest BCUT2D eigenvalue weighted by Gasteiger charge is 2.55. The number of carbonyl (C=O) groups excluding carboxylic acids is 1. The Kier molecular flexibility index (Phi) is 5.08. The summed E-state index contributed by atoms with van der Waals surface area (Å²) in [6.45, 7) is 1.76. The van der Waals surface area contributed by atoms with E-state index in [1.807, 2.05) is 60.7 Å². The van der Waals surface area contributed by atoms with Crippen molar-refractivity contribution < 1.29 is 18.7 Å². The first kappa shape index (κ1) is 22.1. The Morgan fingerprint density at radius 3 is 2.71 bits per heavy atom. The predicted molar refractivity (Wildman–Crippen MR) is 134 cm³/mol. The normalized spacial score (nSPS) is 22.5. The van der Waals surface area contributed by atoms with Gasteiger partial charge in [-0.25, -0.2) is 4.99 Å². The lowest BCUT2D eigenvalue weighted by atomic mass is 9.81. The number of aromatic nitrogens is 1. The number of carbonyl (C=O) groups is 1. The van der Waals surface area contributed by atoms with Crippen LogP contribution in [0.3, 0.4) is 0 Å². The molecule has 2 aromatic heterocycles. The van der Waals surface area contributed by atoms with Crippen molar-refractivity contribution >= 4 is 39.3 Å². The van der Waals surface area contributed by atoms with Crippen molar-refractivity contribution in [2.75, 3.05) is 7.11 Å². The van der Waals surface area contributed by atoms with Gasteiger partial charge in [-0.2, -0.15) is 0 Å². The van der Waals surface area contributed by atoms with Crippen LogP contribution < -0.4 is 19.6 Å². The Morgan fingerprint density at radius 2 is 1.94 bits per heavy atom. The summed E-state index contributed by atoms with van der Waals surface area (Å²) < 4.78 is 20.3. The first-order chi connectivity index (χ1) is 16.9. The van der Waals surface area contributed by atoms with Gasteiger partial charge in [-0.05, 0) is 37.3 Å². The summed E-state index contributed by atoms with van der Waals surface area (Å²) in [5, 5.41) is 0. The molecule has 0 radical (unpaired) electrons.